The van der Waals surface area contributed by atoms with Crippen LogP contribution < -0.4 is 0 Å². The molecule has 1 N–H and O–H groups in total. The van der Waals surface area contributed by atoms with Gasteiger partial charge in [-0.05, 0) is 25.8 Å². The topological polar surface area (TPSA) is 81.2 Å². The van der Waals surface area contributed by atoms with E-state index in [9.17, 15) is 19.5 Å². The summed E-state index contributed by atoms with van der Waals surface area (Å²) in [6, 6.07) is 7.88. The molecule has 192 valence electrons. The van der Waals surface area contributed by atoms with Gasteiger partial charge in [0.2, 0.25) is 17.7 Å². The van der Waals surface area contributed by atoms with Gasteiger partial charge in [-0.15, -0.1) is 11.8 Å². The number of carbonyl (C=O) groups excluding carboxylic acids is 3. The van der Waals surface area contributed by atoms with Gasteiger partial charge in [-0.25, -0.2) is 0 Å². The van der Waals surface area contributed by atoms with Gasteiger partial charge in [0, 0.05) is 30.9 Å². The van der Waals surface area contributed by atoms with E-state index in [1.165, 1.54) is 0 Å². The van der Waals surface area contributed by atoms with Gasteiger partial charge in [0.25, 0.3) is 0 Å². The maximum atomic E-state index is 14.4. The third kappa shape index (κ3) is 3.72. The molecule has 1 spiro atoms. The van der Waals surface area contributed by atoms with Gasteiger partial charge in [-0.2, -0.15) is 0 Å². The molecule has 0 aromatic heterocycles. The number of likely N-dealkylation sites (tertiary alicyclic amines) is 1. The summed E-state index contributed by atoms with van der Waals surface area (Å²) in [4.78, 5) is 47.8. The largest absolute Gasteiger partial charge is 0.394 e. The summed E-state index contributed by atoms with van der Waals surface area (Å²) in [7, 11) is 0. The molecule has 3 amide bonds. The molecule has 1 aromatic rings. The smallest absolute Gasteiger partial charge is 0.247 e. The van der Waals surface area contributed by atoms with E-state index in [1.54, 1.807) is 21.6 Å². The minimum atomic E-state index is -0.870. The highest BCUT2D eigenvalue weighted by atomic mass is 32.2. The van der Waals surface area contributed by atoms with Crippen molar-refractivity contribution in [3.8, 4) is 0 Å². The zero-order valence-corrected chi connectivity index (χ0v) is 21.9. The first-order chi connectivity index (χ1) is 17.4. The monoisotopic (exact) mass is 509 g/mol. The molecule has 0 bridgehead atoms. The zero-order chi connectivity index (χ0) is 25.6. The van der Waals surface area contributed by atoms with E-state index in [0.717, 1.165) is 12.0 Å². The Kier molecular flexibility index (Phi) is 6.76. The zero-order valence-electron chi connectivity index (χ0n) is 21.1. The Morgan fingerprint density at radius 3 is 2.47 bits per heavy atom. The van der Waals surface area contributed by atoms with Crippen molar-refractivity contribution in [2.45, 2.75) is 55.3 Å². The number of nitrogens with zero attached hydrogens (tertiary/aromatic N) is 3. The number of hydrogen-bond donors (Lipinski definition) is 1. The van der Waals surface area contributed by atoms with Gasteiger partial charge in [-0.3, -0.25) is 14.4 Å². The van der Waals surface area contributed by atoms with Crippen LogP contribution in [0.4, 0.5) is 0 Å². The Morgan fingerprint density at radius 1 is 1.06 bits per heavy atom. The highest BCUT2D eigenvalue weighted by molar-refractivity contribution is 8.02. The van der Waals surface area contributed by atoms with E-state index < -0.39 is 28.7 Å². The Hall–Kier alpha value is -2.58. The molecule has 7 nitrogen and oxygen atoms in total. The predicted octanol–water partition coefficient (Wildman–Crippen LogP) is 2.63. The van der Waals surface area contributed by atoms with Gasteiger partial charge >= 0.3 is 0 Å². The second-order valence-electron chi connectivity index (χ2n) is 10.4. The van der Waals surface area contributed by atoms with Crippen molar-refractivity contribution < 1.29 is 19.5 Å². The first kappa shape index (κ1) is 25.1. The lowest BCUT2D eigenvalue weighted by Crippen LogP contribution is -2.55. The van der Waals surface area contributed by atoms with Crippen LogP contribution in [0.2, 0.25) is 0 Å². The van der Waals surface area contributed by atoms with Crippen LogP contribution in [-0.2, 0) is 14.4 Å². The molecule has 36 heavy (non-hydrogen) atoms. The van der Waals surface area contributed by atoms with Crippen molar-refractivity contribution in [1.29, 1.82) is 0 Å². The second-order valence-corrected chi connectivity index (χ2v) is 11.9. The highest BCUT2D eigenvalue weighted by Crippen LogP contribution is 2.62. The van der Waals surface area contributed by atoms with Crippen molar-refractivity contribution in [1.82, 2.24) is 14.7 Å². The van der Waals surface area contributed by atoms with Crippen molar-refractivity contribution >= 4 is 29.5 Å². The van der Waals surface area contributed by atoms with Crippen LogP contribution in [0.25, 0.3) is 0 Å². The SMILES string of the molecule is CCCN1CC=C[C@@H]2S[C@]34C=CCN(C(C)C)C(=O)C3N([C@H](CO)c3ccccc3)C(=O)[C@@H]4[C@@H]2C1=O. The van der Waals surface area contributed by atoms with E-state index in [0.29, 0.717) is 19.6 Å². The molecular formula is C28H35N3O4S. The molecule has 2 fully saturated rings. The summed E-state index contributed by atoms with van der Waals surface area (Å²) < 4.78 is -0.870. The fourth-order valence-corrected chi connectivity index (χ4v) is 8.44. The average molecular weight is 510 g/mol. The van der Waals surface area contributed by atoms with E-state index in [2.05, 4.69) is 6.08 Å². The van der Waals surface area contributed by atoms with E-state index in [-0.39, 0.29) is 35.6 Å². The van der Waals surface area contributed by atoms with Crippen LogP contribution in [0, 0.1) is 11.8 Å². The van der Waals surface area contributed by atoms with Crippen molar-refractivity contribution in [3.63, 3.8) is 0 Å². The lowest BCUT2D eigenvalue weighted by atomic mass is 9.78. The predicted molar refractivity (Wildman–Crippen MR) is 140 cm³/mol. The van der Waals surface area contributed by atoms with Gasteiger partial charge in [0.05, 0.1) is 29.2 Å². The van der Waals surface area contributed by atoms with E-state index in [4.69, 9.17) is 0 Å². The number of benzene rings is 1. The molecule has 5 rings (SSSR count). The molecule has 8 heteroatoms. The first-order valence-corrected chi connectivity index (χ1v) is 13.8. The van der Waals surface area contributed by atoms with Gasteiger partial charge in [-0.1, -0.05) is 61.6 Å². The molecule has 6 atom stereocenters. The van der Waals surface area contributed by atoms with Gasteiger partial charge in [0.15, 0.2) is 0 Å². The van der Waals surface area contributed by atoms with Gasteiger partial charge < -0.3 is 19.8 Å². The Morgan fingerprint density at radius 2 is 1.81 bits per heavy atom. The molecule has 0 radical (unpaired) electrons. The summed E-state index contributed by atoms with van der Waals surface area (Å²) in [5, 5.41) is 10.4. The molecule has 0 aliphatic carbocycles. The standard InChI is InChI=1S/C28H35N3O4S/c1-4-14-29-15-8-12-21-22(25(29)33)23-26(34)31(20(17-32)19-10-6-5-7-11-19)24-27(35)30(18(2)3)16-9-13-28(23,24)36-21/h5-13,18,20-24,32H,4,14-17H2,1-3H3/t20-,21+,22-,23+,24?,28+/m1/s1. The summed E-state index contributed by atoms with van der Waals surface area (Å²) in [6.45, 7) is 7.33. The lowest BCUT2D eigenvalue weighted by Gasteiger charge is -2.39. The molecule has 4 heterocycles. The average Bonchev–Trinajstić information content (AvgIpc) is 3.18. The quantitative estimate of drug-likeness (QED) is 0.597. The molecule has 2 saturated heterocycles. The van der Waals surface area contributed by atoms with Gasteiger partial charge in [0.1, 0.15) is 6.04 Å². The number of fused-ring (bicyclic) bond motifs is 2. The third-order valence-corrected chi connectivity index (χ3v) is 9.77. The molecular weight excluding hydrogens is 474 g/mol. The summed E-state index contributed by atoms with van der Waals surface area (Å²) in [5.41, 5.74) is 0.779. The second kappa shape index (κ2) is 9.71. The minimum Gasteiger partial charge on any atom is -0.394 e. The molecule has 0 saturated carbocycles. The van der Waals surface area contributed by atoms with Crippen LogP contribution in [0.5, 0.6) is 0 Å². The van der Waals surface area contributed by atoms with E-state index >= 15 is 0 Å². The molecule has 1 unspecified atom stereocenters. The fraction of sp³-hybridized carbons (Fsp3) is 0.536. The Bertz CT molecular complexity index is 1090. The molecule has 1 aromatic carbocycles. The van der Waals surface area contributed by atoms with Crippen LogP contribution in [0.3, 0.4) is 0 Å². The van der Waals surface area contributed by atoms with Crippen LogP contribution >= 0.6 is 11.8 Å². The Balaban J connectivity index is 1.66. The van der Waals surface area contributed by atoms with Crippen LogP contribution in [0.1, 0.15) is 38.8 Å². The summed E-state index contributed by atoms with van der Waals surface area (Å²) >= 11 is 1.58. The number of aliphatic hydroxyl groups excluding tert-OH is 1. The lowest BCUT2D eigenvalue weighted by molar-refractivity contribution is -0.147. The van der Waals surface area contributed by atoms with Crippen molar-refractivity contribution in [2.75, 3.05) is 26.2 Å². The van der Waals surface area contributed by atoms with Crippen molar-refractivity contribution in [3.05, 3.63) is 60.2 Å². The maximum Gasteiger partial charge on any atom is 0.247 e. The maximum absolute atomic E-state index is 14.4. The molecule has 4 aliphatic rings. The molecule has 4 aliphatic heterocycles. The van der Waals surface area contributed by atoms with E-state index in [1.807, 2.05) is 74.2 Å². The number of hydrogen-bond acceptors (Lipinski definition) is 5. The third-order valence-electron chi connectivity index (χ3n) is 8.02. The highest BCUT2D eigenvalue weighted by Gasteiger charge is 2.71. The number of rotatable bonds is 6. The number of thioether (sulfide) groups is 1. The number of amides is 3. The number of carbonyl (C=O) groups is 3. The summed E-state index contributed by atoms with van der Waals surface area (Å²) in [5.74, 6) is -1.56. The first-order valence-electron chi connectivity index (χ1n) is 12.9. The minimum absolute atomic E-state index is 0.0127. The normalized spacial score (nSPS) is 32.5. The van der Waals surface area contributed by atoms with Crippen LogP contribution in [-0.4, -0.2) is 85.8 Å². The van der Waals surface area contributed by atoms with Crippen molar-refractivity contribution in [2.24, 2.45) is 11.8 Å². The van der Waals surface area contributed by atoms with Crippen LogP contribution in [0.15, 0.2) is 54.6 Å². The summed E-state index contributed by atoms with van der Waals surface area (Å²) in [6.07, 6.45) is 8.96. The Labute approximate surface area is 217 Å². The fourth-order valence-electron chi connectivity index (χ4n) is 6.45. The number of aliphatic hydroxyl groups is 1.